The monoisotopic (exact) mass is 356 g/mol. The molecule has 132 valence electrons. The second kappa shape index (κ2) is 7.38. The van der Waals surface area contributed by atoms with Crippen LogP contribution in [0.1, 0.15) is 32.8 Å². The van der Waals surface area contributed by atoms with E-state index in [1.807, 2.05) is 0 Å². The molecule has 2 amide bonds. The summed E-state index contributed by atoms with van der Waals surface area (Å²) in [5.74, 6) is -0.536. The van der Waals surface area contributed by atoms with Gasteiger partial charge in [-0.3, -0.25) is 9.69 Å². The summed E-state index contributed by atoms with van der Waals surface area (Å²) < 4.78 is 19.4. The number of benzene rings is 1. The maximum Gasteiger partial charge on any atom is 0.411 e. The van der Waals surface area contributed by atoms with Crippen LogP contribution in [0.25, 0.3) is 0 Å². The zero-order valence-electron chi connectivity index (χ0n) is 14.0. The molecule has 0 unspecified atom stereocenters. The van der Waals surface area contributed by atoms with E-state index in [2.05, 4.69) is 5.32 Å². The van der Waals surface area contributed by atoms with Crippen LogP contribution in [0.2, 0.25) is 5.02 Å². The second-order valence-electron chi connectivity index (χ2n) is 6.77. The van der Waals surface area contributed by atoms with Crippen LogP contribution in [0.5, 0.6) is 0 Å². The lowest BCUT2D eigenvalue weighted by Gasteiger charge is -2.28. The van der Waals surface area contributed by atoms with Crippen LogP contribution in [0.3, 0.4) is 0 Å². The van der Waals surface area contributed by atoms with Gasteiger partial charge in [0.25, 0.3) is 0 Å². The average molecular weight is 357 g/mol. The van der Waals surface area contributed by atoms with Gasteiger partial charge in [-0.2, -0.15) is 0 Å². The molecule has 1 aromatic carbocycles. The van der Waals surface area contributed by atoms with Gasteiger partial charge in [0.1, 0.15) is 17.8 Å². The van der Waals surface area contributed by atoms with E-state index >= 15 is 0 Å². The number of ether oxygens (including phenoxy) is 1. The van der Waals surface area contributed by atoms with Crippen molar-refractivity contribution in [2.24, 2.45) is 0 Å². The molecule has 0 aliphatic carbocycles. The van der Waals surface area contributed by atoms with Crippen LogP contribution in [0, 0.1) is 0 Å². The lowest BCUT2D eigenvalue weighted by molar-refractivity contribution is -0.127. The Labute approximate surface area is 146 Å². The third-order valence-electron chi connectivity index (χ3n) is 3.58. The van der Waals surface area contributed by atoms with Gasteiger partial charge in [0, 0.05) is 18.1 Å². The number of alkyl halides is 1. The zero-order chi connectivity index (χ0) is 17.9. The minimum atomic E-state index is -1.41. The van der Waals surface area contributed by atoms with E-state index < -0.39 is 29.8 Å². The van der Waals surface area contributed by atoms with E-state index in [0.717, 1.165) is 10.5 Å². The van der Waals surface area contributed by atoms with Crippen LogP contribution in [0.4, 0.5) is 9.18 Å². The highest BCUT2D eigenvalue weighted by molar-refractivity contribution is 6.30. The number of hydrogen-bond donors (Lipinski definition) is 1. The number of carbonyl (C=O) groups is 2. The van der Waals surface area contributed by atoms with Crippen molar-refractivity contribution >= 4 is 23.6 Å². The molecule has 24 heavy (non-hydrogen) atoms. The van der Waals surface area contributed by atoms with Crippen molar-refractivity contribution in [2.45, 2.75) is 51.6 Å². The molecule has 1 aliphatic rings. The standard InChI is InChI=1S/C17H22ClFN2O3/c1-17(2,3)24-16(23)21-8-7-13(19)14(21)15(22)20-10-11-5-4-6-12(18)9-11/h4-6,9,13-14H,7-8,10H2,1-3H3,(H,20,22)/t13-,14-/m0/s1. The molecular weight excluding hydrogens is 335 g/mol. The third-order valence-corrected chi connectivity index (χ3v) is 3.81. The van der Waals surface area contributed by atoms with Crippen LogP contribution in [-0.4, -0.2) is 41.3 Å². The first kappa shape index (κ1) is 18.5. The van der Waals surface area contributed by atoms with Crippen LogP contribution in [-0.2, 0) is 16.1 Å². The van der Waals surface area contributed by atoms with E-state index in [0.29, 0.717) is 5.02 Å². The van der Waals surface area contributed by atoms with Crippen molar-refractivity contribution in [3.05, 3.63) is 34.9 Å². The van der Waals surface area contributed by atoms with Gasteiger partial charge < -0.3 is 10.1 Å². The van der Waals surface area contributed by atoms with E-state index in [9.17, 15) is 14.0 Å². The van der Waals surface area contributed by atoms with Gasteiger partial charge in [-0.05, 0) is 44.9 Å². The van der Waals surface area contributed by atoms with Gasteiger partial charge in [0.2, 0.25) is 5.91 Å². The Hall–Kier alpha value is -1.82. The van der Waals surface area contributed by atoms with E-state index in [1.165, 1.54) is 0 Å². The van der Waals surface area contributed by atoms with Crippen molar-refractivity contribution in [3.8, 4) is 0 Å². The fraction of sp³-hybridized carbons (Fsp3) is 0.529. The lowest BCUT2D eigenvalue weighted by atomic mass is 10.1. The summed E-state index contributed by atoms with van der Waals surface area (Å²) in [7, 11) is 0. The molecule has 1 heterocycles. The summed E-state index contributed by atoms with van der Waals surface area (Å²) in [6.45, 7) is 5.54. The van der Waals surface area contributed by atoms with Crippen molar-refractivity contribution in [1.82, 2.24) is 10.2 Å². The summed E-state index contributed by atoms with van der Waals surface area (Å²) in [5.41, 5.74) is 0.0980. The molecule has 1 aromatic rings. The first-order chi connectivity index (χ1) is 11.2. The molecule has 0 aromatic heterocycles. The summed E-state index contributed by atoms with van der Waals surface area (Å²) in [6, 6.07) is 5.85. The van der Waals surface area contributed by atoms with Crippen LogP contribution < -0.4 is 5.32 Å². The van der Waals surface area contributed by atoms with Gasteiger partial charge in [-0.15, -0.1) is 0 Å². The molecule has 2 rings (SSSR count). The number of halogens is 2. The number of hydrogen-bond acceptors (Lipinski definition) is 3. The molecule has 0 spiro atoms. The molecule has 7 heteroatoms. The predicted molar refractivity (Wildman–Crippen MR) is 89.5 cm³/mol. The van der Waals surface area contributed by atoms with Gasteiger partial charge in [-0.25, -0.2) is 9.18 Å². The number of amides is 2. The maximum atomic E-state index is 14.1. The maximum absolute atomic E-state index is 14.1. The number of likely N-dealkylation sites (tertiary alicyclic amines) is 1. The number of carbonyl (C=O) groups excluding carboxylic acids is 2. The van der Waals surface area contributed by atoms with Crippen molar-refractivity contribution in [3.63, 3.8) is 0 Å². The van der Waals surface area contributed by atoms with Crippen molar-refractivity contribution in [2.75, 3.05) is 6.54 Å². The molecular formula is C17H22ClFN2O3. The van der Waals surface area contributed by atoms with Crippen LogP contribution in [0.15, 0.2) is 24.3 Å². The van der Waals surface area contributed by atoms with Crippen molar-refractivity contribution in [1.29, 1.82) is 0 Å². The highest BCUT2D eigenvalue weighted by Gasteiger charge is 2.43. The Morgan fingerprint density at radius 3 is 2.75 bits per heavy atom. The molecule has 0 bridgehead atoms. The van der Waals surface area contributed by atoms with E-state index in [-0.39, 0.29) is 19.5 Å². The van der Waals surface area contributed by atoms with E-state index in [1.54, 1.807) is 45.0 Å². The molecule has 2 atom stereocenters. The topological polar surface area (TPSA) is 58.6 Å². The molecule has 5 nitrogen and oxygen atoms in total. The first-order valence-corrected chi connectivity index (χ1v) is 8.21. The molecule has 1 N–H and O–H groups in total. The second-order valence-corrected chi connectivity index (χ2v) is 7.21. The normalized spacial score (nSPS) is 20.8. The highest BCUT2D eigenvalue weighted by Crippen LogP contribution is 2.24. The fourth-order valence-electron chi connectivity index (χ4n) is 2.53. The molecule has 0 radical (unpaired) electrons. The Morgan fingerprint density at radius 1 is 1.42 bits per heavy atom. The number of nitrogens with one attached hydrogen (secondary N) is 1. The van der Waals surface area contributed by atoms with Crippen molar-refractivity contribution < 1.29 is 18.7 Å². The summed E-state index contributed by atoms with van der Waals surface area (Å²) in [6.07, 6.45) is -1.96. The summed E-state index contributed by atoms with van der Waals surface area (Å²) in [4.78, 5) is 25.7. The largest absolute Gasteiger partial charge is 0.444 e. The molecule has 1 fully saturated rings. The third kappa shape index (κ3) is 4.84. The molecule has 0 saturated carbocycles. The fourth-order valence-corrected chi connectivity index (χ4v) is 2.74. The Kier molecular flexibility index (Phi) is 5.70. The number of rotatable bonds is 3. The molecule has 1 aliphatic heterocycles. The lowest BCUT2D eigenvalue weighted by Crippen LogP contribution is -2.50. The Balaban J connectivity index is 2.01. The minimum absolute atomic E-state index is 0.120. The Bertz CT molecular complexity index is 618. The SMILES string of the molecule is CC(C)(C)OC(=O)N1CC[C@H](F)[C@H]1C(=O)NCc1cccc(Cl)c1. The van der Waals surface area contributed by atoms with E-state index in [4.69, 9.17) is 16.3 Å². The number of nitrogens with zero attached hydrogens (tertiary/aromatic N) is 1. The molecule has 1 saturated heterocycles. The summed E-state index contributed by atoms with van der Waals surface area (Å²) in [5, 5.41) is 3.22. The smallest absolute Gasteiger partial charge is 0.411 e. The van der Waals surface area contributed by atoms with Gasteiger partial charge in [0.05, 0.1) is 0 Å². The first-order valence-electron chi connectivity index (χ1n) is 7.83. The van der Waals surface area contributed by atoms with Gasteiger partial charge in [-0.1, -0.05) is 23.7 Å². The summed E-state index contributed by atoms with van der Waals surface area (Å²) >= 11 is 5.89. The van der Waals surface area contributed by atoms with Gasteiger partial charge in [0.15, 0.2) is 0 Å². The van der Waals surface area contributed by atoms with Gasteiger partial charge >= 0.3 is 6.09 Å². The zero-order valence-corrected chi connectivity index (χ0v) is 14.8. The minimum Gasteiger partial charge on any atom is -0.444 e. The Morgan fingerprint density at radius 2 is 2.12 bits per heavy atom. The predicted octanol–water partition coefficient (Wildman–Crippen LogP) is 3.30. The van der Waals surface area contributed by atoms with Crippen LogP contribution >= 0.6 is 11.6 Å². The quantitative estimate of drug-likeness (QED) is 0.904. The highest BCUT2D eigenvalue weighted by atomic mass is 35.5. The average Bonchev–Trinajstić information content (AvgIpc) is 2.85.